The van der Waals surface area contributed by atoms with E-state index in [0.717, 1.165) is 36.8 Å². The molecular formula is C22H25N5O2. The van der Waals surface area contributed by atoms with E-state index in [4.69, 9.17) is 4.74 Å². The Kier molecular flexibility index (Phi) is 5.76. The van der Waals surface area contributed by atoms with Crippen molar-refractivity contribution < 1.29 is 9.53 Å². The van der Waals surface area contributed by atoms with Gasteiger partial charge in [-0.25, -0.2) is 9.48 Å². The van der Waals surface area contributed by atoms with Crippen LogP contribution in [0.25, 0.3) is 5.69 Å². The number of hydrogen-bond donors (Lipinski definition) is 1. The largest absolute Gasteiger partial charge is 0.497 e. The van der Waals surface area contributed by atoms with Crippen LogP contribution < -0.4 is 10.1 Å². The molecule has 2 amide bonds. The van der Waals surface area contributed by atoms with Gasteiger partial charge in [0.1, 0.15) is 5.75 Å². The molecule has 0 bridgehead atoms. The summed E-state index contributed by atoms with van der Waals surface area (Å²) in [7, 11) is 1.67. The van der Waals surface area contributed by atoms with Gasteiger partial charge < -0.3 is 15.0 Å². The molecule has 2 aromatic carbocycles. The summed E-state index contributed by atoms with van der Waals surface area (Å²) >= 11 is 0. The Balaban J connectivity index is 1.33. The summed E-state index contributed by atoms with van der Waals surface area (Å²) < 4.78 is 6.96. The van der Waals surface area contributed by atoms with Crippen LogP contribution >= 0.6 is 0 Å². The minimum Gasteiger partial charge on any atom is -0.497 e. The third-order valence-corrected chi connectivity index (χ3v) is 5.12. The van der Waals surface area contributed by atoms with E-state index < -0.39 is 0 Å². The number of benzene rings is 2. The van der Waals surface area contributed by atoms with Crippen LogP contribution in [0.3, 0.4) is 0 Å². The van der Waals surface area contributed by atoms with Crippen LogP contribution in [-0.2, 0) is 6.54 Å². The van der Waals surface area contributed by atoms with Crippen molar-refractivity contribution in [2.24, 2.45) is 0 Å². The zero-order valence-corrected chi connectivity index (χ0v) is 16.5. The lowest BCUT2D eigenvalue weighted by atomic mass is 10.2. The van der Waals surface area contributed by atoms with Crippen LogP contribution in [-0.4, -0.2) is 58.9 Å². The molecule has 1 aromatic heterocycles. The van der Waals surface area contributed by atoms with Crippen LogP contribution in [0.1, 0.15) is 5.56 Å². The van der Waals surface area contributed by atoms with Gasteiger partial charge in [0.2, 0.25) is 0 Å². The van der Waals surface area contributed by atoms with Crippen molar-refractivity contribution in [3.05, 3.63) is 72.6 Å². The van der Waals surface area contributed by atoms with E-state index in [1.807, 2.05) is 53.6 Å². The molecular weight excluding hydrogens is 366 g/mol. The molecule has 1 fully saturated rings. The predicted molar refractivity (Wildman–Crippen MR) is 112 cm³/mol. The van der Waals surface area contributed by atoms with Gasteiger partial charge in [0, 0.05) is 45.1 Å². The predicted octanol–water partition coefficient (Wildman–Crippen LogP) is 3.23. The summed E-state index contributed by atoms with van der Waals surface area (Å²) in [5, 5.41) is 7.30. The second-order valence-corrected chi connectivity index (χ2v) is 7.01. The first-order valence-electron chi connectivity index (χ1n) is 9.73. The second kappa shape index (κ2) is 8.79. The molecule has 2 heterocycles. The Morgan fingerprint density at radius 1 is 1.03 bits per heavy atom. The molecule has 1 aliphatic rings. The highest BCUT2D eigenvalue weighted by Crippen LogP contribution is 2.20. The number of methoxy groups -OCH3 is 1. The number of aromatic nitrogens is 2. The van der Waals surface area contributed by atoms with Gasteiger partial charge in [-0.15, -0.1) is 0 Å². The lowest BCUT2D eigenvalue weighted by Crippen LogP contribution is -2.49. The molecule has 1 saturated heterocycles. The number of anilines is 1. The first-order valence-corrected chi connectivity index (χ1v) is 9.73. The van der Waals surface area contributed by atoms with E-state index in [1.54, 1.807) is 18.0 Å². The number of urea groups is 1. The van der Waals surface area contributed by atoms with Crippen molar-refractivity contribution in [3.8, 4) is 11.4 Å². The topological polar surface area (TPSA) is 62.6 Å². The van der Waals surface area contributed by atoms with Gasteiger partial charge in [0.25, 0.3) is 0 Å². The molecule has 1 N–H and O–H groups in total. The zero-order valence-electron chi connectivity index (χ0n) is 16.5. The number of amides is 2. The highest BCUT2D eigenvalue weighted by molar-refractivity contribution is 5.91. The van der Waals surface area contributed by atoms with Gasteiger partial charge in [0.15, 0.2) is 0 Å². The monoisotopic (exact) mass is 391 g/mol. The minimum atomic E-state index is -0.0753. The smallest absolute Gasteiger partial charge is 0.321 e. The highest BCUT2D eigenvalue weighted by atomic mass is 16.5. The van der Waals surface area contributed by atoms with Gasteiger partial charge in [-0.2, -0.15) is 5.10 Å². The summed E-state index contributed by atoms with van der Waals surface area (Å²) in [4.78, 5) is 17.0. The summed E-state index contributed by atoms with van der Waals surface area (Å²) in [5.74, 6) is 0.866. The molecule has 0 aliphatic carbocycles. The van der Waals surface area contributed by atoms with Crippen molar-refractivity contribution in [2.75, 3.05) is 38.6 Å². The van der Waals surface area contributed by atoms with Crippen LogP contribution in [0.2, 0.25) is 0 Å². The molecule has 0 radical (unpaired) electrons. The van der Waals surface area contributed by atoms with Gasteiger partial charge in [-0.05, 0) is 35.9 Å². The number of nitrogens with zero attached hydrogens (tertiary/aromatic N) is 4. The summed E-state index contributed by atoms with van der Waals surface area (Å²) in [6.45, 7) is 3.97. The maximum atomic E-state index is 12.8. The van der Waals surface area contributed by atoms with Crippen molar-refractivity contribution in [2.45, 2.75) is 6.54 Å². The van der Waals surface area contributed by atoms with Gasteiger partial charge in [-0.1, -0.05) is 24.3 Å². The molecule has 7 nitrogen and oxygen atoms in total. The van der Waals surface area contributed by atoms with Crippen LogP contribution in [0, 0.1) is 0 Å². The Morgan fingerprint density at radius 2 is 1.79 bits per heavy atom. The second-order valence-electron chi connectivity index (χ2n) is 7.01. The summed E-state index contributed by atoms with van der Waals surface area (Å²) in [6.07, 6.45) is 3.59. The number of ether oxygens (including phenoxy) is 1. The SMILES string of the molecule is COc1ccc(CN2CCN(C(=O)Nc3ccccc3-n3cccn3)CC2)cc1. The van der Waals surface area contributed by atoms with E-state index >= 15 is 0 Å². The minimum absolute atomic E-state index is 0.0753. The summed E-state index contributed by atoms with van der Waals surface area (Å²) in [5.41, 5.74) is 2.85. The van der Waals surface area contributed by atoms with Gasteiger partial charge in [0.05, 0.1) is 18.5 Å². The Bertz CT molecular complexity index is 932. The lowest BCUT2D eigenvalue weighted by Gasteiger charge is -2.34. The Labute approximate surface area is 170 Å². The fourth-order valence-electron chi connectivity index (χ4n) is 3.48. The van der Waals surface area contributed by atoms with Crippen molar-refractivity contribution >= 4 is 11.7 Å². The van der Waals surface area contributed by atoms with E-state index in [-0.39, 0.29) is 6.03 Å². The quantitative estimate of drug-likeness (QED) is 0.725. The number of rotatable bonds is 5. The van der Waals surface area contributed by atoms with Gasteiger partial charge in [-0.3, -0.25) is 4.90 Å². The maximum absolute atomic E-state index is 12.8. The van der Waals surface area contributed by atoms with E-state index in [9.17, 15) is 4.79 Å². The number of nitrogens with one attached hydrogen (secondary N) is 1. The van der Waals surface area contributed by atoms with Crippen LogP contribution in [0.4, 0.5) is 10.5 Å². The molecule has 1 aliphatic heterocycles. The highest BCUT2D eigenvalue weighted by Gasteiger charge is 2.22. The molecule has 0 unspecified atom stereocenters. The van der Waals surface area contributed by atoms with Crippen LogP contribution in [0.15, 0.2) is 67.0 Å². The van der Waals surface area contributed by atoms with Crippen molar-refractivity contribution in [1.29, 1.82) is 0 Å². The van der Waals surface area contributed by atoms with Crippen LogP contribution in [0.5, 0.6) is 5.75 Å². The fourth-order valence-corrected chi connectivity index (χ4v) is 3.48. The van der Waals surface area contributed by atoms with Gasteiger partial charge >= 0.3 is 6.03 Å². The van der Waals surface area contributed by atoms with E-state index in [2.05, 4.69) is 27.4 Å². The molecule has 0 saturated carbocycles. The average Bonchev–Trinajstić information content (AvgIpc) is 3.30. The third kappa shape index (κ3) is 4.57. The van der Waals surface area contributed by atoms with Crippen molar-refractivity contribution in [3.63, 3.8) is 0 Å². The average molecular weight is 391 g/mol. The molecule has 0 atom stereocenters. The Morgan fingerprint density at radius 3 is 2.48 bits per heavy atom. The lowest BCUT2D eigenvalue weighted by molar-refractivity contribution is 0.143. The van der Waals surface area contributed by atoms with E-state index in [1.165, 1.54) is 5.56 Å². The maximum Gasteiger partial charge on any atom is 0.321 e. The molecule has 150 valence electrons. The number of carbonyl (C=O) groups is 1. The number of piperazine rings is 1. The molecule has 0 spiro atoms. The number of hydrogen-bond acceptors (Lipinski definition) is 4. The standard InChI is InChI=1S/C22H25N5O2/c1-29-19-9-7-18(8-10-19)17-25-13-15-26(16-14-25)22(28)24-20-5-2-3-6-21(20)27-12-4-11-23-27/h2-12H,13-17H2,1H3,(H,24,28). The molecule has 4 rings (SSSR count). The fraction of sp³-hybridized carbons (Fsp3) is 0.273. The third-order valence-electron chi connectivity index (χ3n) is 5.12. The normalized spacial score (nSPS) is 14.6. The molecule has 3 aromatic rings. The summed E-state index contributed by atoms with van der Waals surface area (Å²) in [6, 6.07) is 17.6. The van der Waals surface area contributed by atoms with E-state index in [0.29, 0.717) is 13.1 Å². The van der Waals surface area contributed by atoms with Crippen molar-refractivity contribution in [1.82, 2.24) is 19.6 Å². The molecule has 29 heavy (non-hydrogen) atoms. The Hall–Kier alpha value is -3.32. The zero-order chi connectivity index (χ0) is 20.1. The first-order chi connectivity index (χ1) is 14.2. The first kappa shape index (κ1) is 19.0. The number of carbonyl (C=O) groups excluding carboxylic acids is 1. The molecule has 7 heteroatoms. The number of para-hydroxylation sites is 2.